The summed E-state index contributed by atoms with van der Waals surface area (Å²) >= 11 is 0. The van der Waals surface area contributed by atoms with Gasteiger partial charge < -0.3 is 9.47 Å². The molecule has 78 valence electrons. The smallest absolute Gasteiger partial charge is 0.344 e. The minimum Gasteiger partial charge on any atom is -0.455 e. The third-order valence-corrected chi connectivity index (χ3v) is 1.11. The summed E-state index contributed by atoms with van der Waals surface area (Å²) in [7, 11) is 0. The molecule has 0 fully saturated rings. The number of hydrogen-bond acceptors (Lipinski definition) is 5. The SMILES string of the molecule is C=C(C)C(=O)OCC(=O)OCC(C)=O. The van der Waals surface area contributed by atoms with Gasteiger partial charge in [-0.2, -0.15) is 0 Å². The normalized spacial score (nSPS) is 9.00. The third kappa shape index (κ3) is 5.93. The second-order valence-electron chi connectivity index (χ2n) is 2.72. The molecule has 0 radical (unpaired) electrons. The molecule has 0 aliphatic carbocycles. The van der Waals surface area contributed by atoms with Crippen LogP contribution in [0.2, 0.25) is 0 Å². The molecule has 0 amide bonds. The molecule has 5 nitrogen and oxygen atoms in total. The number of esters is 2. The number of hydrogen-bond donors (Lipinski definition) is 0. The van der Waals surface area contributed by atoms with Gasteiger partial charge in [0.15, 0.2) is 12.4 Å². The van der Waals surface area contributed by atoms with Gasteiger partial charge >= 0.3 is 11.9 Å². The first-order valence-corrected chi connectivity index (χ1v) is 3.91. The number of ether oxygens (including phenoxy) is 2. The summed E-state index contributed by atoms with van der Waals surface area (Å²) in [5.74, 6) is -1.69. The van der Waals surface area contributed by atoms with E-state index in [1.807, 2.05) is 0 Å². The van der Waals surface area contributed by atoms with Gasteiger partial charge in [-0.3, -0.25) is 4.79 Å². The maximum atomic E-state index is 10.8. The molecule has 5 heteroatoms. The Balaban J connectivity index is 3.69. The van der Waals surface area contributed by atoms with Crippen LogP contribution in [0.25, 0.3) is 0 Å². The summed E-state index contributed by atoms with van der Waals surface area (Å²) in [6.45, 7) is 5.27. The fraction of sp³-hybridized carbons (Fsp3) is 0.444. The topological polar surface area (TPSA) is 69.7 Å². The van der Waals surface area contributed by atoms with Gasteiger partial charge in [0.1, 0.15) is 6.61 Å². The lowest BCUT2D eigenvalue weighted by Crippen LogP contribution is -2.19. The molecule has 0 aliphatic rings. The standard InChI is InChI=1S/C9H12O5/c1-6(2)9(12)14-5-8(11)13-4-7(3)10/h1,4-5H2,2-3H3. The van der Waals surface area contributed by atoms with Crippen molar-refractivity contribution in [1.29, 1.82) is 0 Å². The molecular weight excluding hydrogens is 188 g/mol. The summed E-state index contributed by atoms with van der Waals surface area (Å²) in [4.78, 5) is 32.0. The molecule has 0 heterocycles. The summed E-state index contributed by atoms with van der Waals surface area (Å²) in [6, 6.07) is 0. The Kier molecular flexibility index (Phi) is 5.21. The Bertz CT molecular complexity index is 266. The highest BCUT2D eigenvalue weighted by molar-refractivity contribution is 5.88. The number of ketones is 1. The first-order valence-electron chi connectivity index (χ1n) is 3.91. The molecule has 0 spiro atoms. The molecule has 0 saturated carbocycles. The van der Waals surface area contributed by atoms with Crippen molar-refractivity contribution in [3.63, 3.8) is 0 Å². The fourth-order valence-electron chi connectivity index (χ4n) is 0.471. The zero-order valence-electron chi connectivity index (χ0n) is 8.16. The highest BCUT2D eigenvalue weighted by Gasteiger charge is 2.09. The lowest BCUT2D eigenvalue weighted by atomic mass is 10.4. The molecule has 0 saturated heterocycles. The van der Waals surface area contributed by atoms with Crippen LogP contribution in [0.3, 0.4) is 0 Å². The van der Waals surface area contributed by atoms with Crippen molar-refractivity contribution < 1.29 is 23.9 Å². The van der Waals surface area contributed by atoms with Crippen LogP contribution in [0.1, 0.15) is 13.8 Å². The zero-order valence-corrected chi connectivity index (χ0v) is 8.16. The maximum Gasteiger partial charge on any atom is 0.344 e. The largest absolute Gasteiger partial charge is 0.455 e. The van der Waals surface area contributed by atoms with Crippen molar-refractivity contribution in [2.24, 2.45) is 0 Å². The predicted molar refractivity (Wildman–Crippen MR) is 47.4 cm³/mol. The van der Waals surface area contributed by atoms with E-state index < -0.39 is 18.5 Å². The Morgan fingerprint density at radius 2 is 1.64 bits per heavy atom. The van der Waals surface area contributed by atoms with E-state index in [1.165, 1.54) is 13.8 Å². The molecule has 0 aromatic carbocycles. The van der Waals surface area contributed by atoms with E-state index in [0.29, 0.717) is 0 Å². The quantitative estimate of drug-likeness (QED) is 0.469. The molecule has 0 aromatic rings. The average Bonchev–Trinajstić information content (AvgIpc) is 2.10. The van der Waals surface area contributed by atoms with Gasteiger partial charge in [0, 0.05) is 5.57 Å². The van der Waals surface area contributed by atoms with Gasteiger partial charge in [-0.05, 0) is 13.8 Å². The average molecular weight is 200 g/mol. The van der Waals surface area contributed by atoms with Gasteiger partial charge in [0.05, 0.1) is 0 Å². The van der Waals surface area contributed by atoms with Crippen LogP contribution < -0.4 is 0 Å². The van der Waals surface area contributed by atoms with Gasteiger partial charge in [-0.15, -0.1) is 0 Å². The second kappa shape index (κ2) is 5.90. The summed E-state index contributed by atoms with van der Waals surface area (Å²) in [5, 5.41) is 0. The first kappa shape index (κ1) is 12.3. The lowest BCUT2D eigenvalue weighted by molar-refractivity contribution is -0.158. The Labute approximate surface area is 81.7 Å². The Hall–Kier alpha value is -1.65. The molecule has 0 N–H and O–H groups in total. The van der Waals surface area contributed by atoms with Crippen molar-refractivity contribution in [2.75, 3.05) is 13.2 Å². The number of carbonyl (C=O) groups excluding carboxylic acids is 3. The van der Waals surface area contributed by atoms with Crippen LogP contribution in [0.5, 0.6) is 0 Å². The predicted octanol–water partition coefficient (Wildman–Crippen LogP) is 0.238. The van der Waals surface area contributed by atoms with Crippen molar-refractivity contribution in [3.8, 4) is 0 Å². The molecule has 0 bridgehead atoms. The van der Waals surface area contributed by atoms with Crippen molar-refractivity contribution in [3.05, 3.63) is 12.2 Å². The van der Waals surface area contributed by atoms with E-state index in [0.717, 1.165) is 0 Å². The molecule has 14 heavy (non-hydrogen) atoms. The van der Waals surface area contributed by atoms with Crippen LogP contribution in [0.4, 0.5) is 0 Å². The number of Topliss-reactive ketones (excluding diaryl/α,β-unsaturated/α-hetero) is 1. The van der Waals surface area contributed by atoms with Crippen LogP contribution in [-0.4, -0.2) is 30.9 Å². The highest BCUT2D eigenvalue weighted by Crippen LogP contribution is 1.92. The number of carbonyl (C=O) groups is 3. The van der Waals surface area contributed by atoms with Crippen LogP contribution in [-0.2, 0) is 23.9 Å². The molecule has 0 atom stereocenters. The first-order chi connectivity index (χ1) is 6.43. The molecule has 0 rings (SSSR count). The van der Waals surface area contributed by atoms with E-state index >= 15 is 0 Å². The van der Waals surface area contributed by atoms with Crippen LogP contribution in [0, 0.1) is 0 Å². The number of rotatable bonds is 5. The minimum atomic E-state index is -0.755. The fourth-order valence-corrected chi connectivity index (χ4v) is 0.471. The van der Waals surface area contributed by atoms with Crippen LogP contribution in [0.15, 0.2) is 12.2 Å². The van der Waals surface area contributed by atoms with E-state index in [-0.39, 0.29) is 18.0 Å². The summed E-state index contributed by atoms with van der Waals surface area (Å²) in [6.07, 6.45) is 0. The lowest BCUT2D eigenvalue weighted by Gasteiger charge is -2.03. The van der Waals surface area contributed by atoms with Gasteiger partial charge in [-0.1, -0.05) is 6.58 Å². The Morgan fingerprint density at radius 1 is 1.07 bits per heavy atom. The third-order valence-electron chi connectivity index (χ3n) is 1.11. The van der Waals surface area contributed by atoms with E-state index in [2.05, 4.69) is 16.1 Å². The minimum absolute atomic E-state index is 0.198. The summed E-state index contributed by atoms with van der Waals surface area (Å²) in [5.41, 5.74) is 0.198. The molecular formula is C9H12O5. The van der Waals surface area contributed by atoms with Gasteiger partial charge in [-0.25, -0.2) is 9.59 Å². The molecule has 0 aromatic heterocycles. The van der Waals surface area contributed by atoms with E-state index in [4.69, 9.17) is 0 Å². The second-order valence-corrected chi connectivity index (χ2v) is 2.72. The highest BCUT2D eigenvalue weighted by atomic mass is 16.6. The Morgan fingerprint density at radius 3 is 2.07 bits per heavy atom. The molecule has 0 aliphatic heterocycles. The molecule has 0 unspecified atom stereocenters. The van der Waals surface area contributed by atoms with Crippen molar-refractivity contribution in [1.82, 2.24) is 0 Å². The van der Waals surface area contributed by atoms with Crippen LogP contribution >= 0.6 is 0 Å². The van der Waals surface area contributed by atoms with Gasteiger partial charge in [0.2, 0.25) is 0 Å². The van der Waals surface area contributed by atoms with E-state index in [9.17, 15) is 14.4 Å². The van der Waals surface area contributed by atoms with E-state index in [1.54, 1.807) is 0 Å². The zero-order chi connectivity index (χ0) is 11.1. The monoisotopic (exact) mass is 200 g/mol. The van der Waals surface area contributed by atoms with Crippen molar-refractivity contribution in [2.45, 2.75) is 13.8 Å². The van der Waals surface area contributed by atoms with Crippen molar-refractivity contribution >= 4 is 17.7 Å². The van der Waals surface area contributed by atoms with Gasteiger partial charge in [0.25, 0.3) is 0 Å². The summed E-state index contributed by atoms with van der Waals surface area (Å²) < 4.78 is 8.91. The maximum absolute atomic E-state index is 10.8.